The third-order valence-electron chi connectivity index (χ3n) is 3.42. The molecular formula is C14H20N2O4S. The lowest BCUT2D eigenvalue weighted by atomic mass is 10.1. The van der Waals surface area contributed by atoms with Crippen LogP contribution < -0.4 is 15.8 Å². The summed E-state index contributed by atoms with van der Waals surface area (Å²) in [6, 6.07) is 7.10. The first-order chi connectivity index (χ1) is 9.96. The maximum absolute atomic E-state index is 11.7. The van der Waals surface area contributed by atoms with Crippen LogP contribution in [0.2, 0.25) is 0 Å². The van der Waals surface area contributed by atoms with E-state index < -0.39 is 9.84 Å². The van der Waals surface area contributed by atoms with Crippen molar-refractivity contribution in [1.29, 1.82) is 0 Å². The largest absolute Gasteiger partial charge is 0.491 e. The highest BCUT2D eigenvalue weighted by Crippen LogP contribution is 2.20. The predicted molar refractivity (Wildman–Crippen MR) is 80.7 cm³/mol. The van der Waals surface area contributed by atoms with E-state index in [1.165, 1.54) is 0 Å². The monoisotopic (exact) mass is 312 g/mol. The molecular weight excluding hydrogens is 292 g/mol. The van der Waals surface area contributed by atoms with Crippen LogP contribution in [0, 0.1) is 5.92 Å². The second kappa shape index (κ2) is 6.80. The number of sulfone groups is 1. The summed E-state index contributed by atoms with van der Waals surface area (Å²) in [6.45, 7) is 0.647. The zero-order valence-corrected chi connectivity index (χ0v) is 12.6. The average molecular weight is 312 g/mol. The normalized spacial score (nSPS) is 20.1. The topological polar surface area (TPSA) is 98.5 Å². The Hall–Kier alpha value is -1.76. The third-order valence-corrected chi connectivity index (χ3v) is 5.26. The summed E-state index contributed by atoms with van der Waals surface area (Å²) in [5.41, 5.74) is 6.26. The van der Waals surface area contributed by atoms with Gasteiger partial charge in [0.15, 0.2) is 9.84 Å². The molecule has 2 rings (SSSR count). The van der Waals surface area contributed by atoms with E-state index in [0.29, 0.717) is 24.4 Å². The fourth-order valence-corrected chi connectivity index (χ4v) is 4.11. The third kappa shape index (κ3) is 4.93. The van der Waals surface area contributed by atoms with Crippen LogP contribution in [-0.2, 0) is 14.6 Å². The Kier molecular flexibility index (Phi) is 5.06. The second-order valence-corrected chi connectivity index (χ2v) is 7.44. The Balaban J connectivity index is 1.65. The van der Waals surface area contributed by atoms with Gasteiger partial charge in [-0.15, -0.1) is 0 Å². The van der Waals surface area contributed by atoms with Crippen LogP contribution in [0.1, 0.15) is 12.8 Å². The van der Waals surface area contributed by atoms with Crippen LogP contribution in [-0.4, -0.2) is 39.0 Å². The van der Waals surface area contributed by atoms with Gasteiger partial charge < -0.3 is 15.8 Å². The standard InChI is InChI=1S/C14H20N2O4S/c15-12-3-1-2-4-13(12)20-7-5-14(17)16-9-11-6-8-21(18,19)10-11/h1-4,11H,5-10,15H2,(H,16,17). The number of nitrogens with one attached hydrogen (secondary N) is 1. The molecule has 1 aromatic rings. The highest BCUT2D eigenvalue weighted by atomic mass is 32.2. The number of amides is 1. The highest BCUT2D eigenvalue weighted by Gasteiger charge is 2.27. The summed E-state index contributed by atoms with van der Waals surface area (Å²) < 4.78 is 28.0. The van der Waals surface area contributed by atoms with Crippen LogP contribution in [0.15, 0.2) is 24.3 Å². The number of hydrogen-bond donors (Lipinski definition) is 2. The van der Waals surface area contributed by atoms with Crippen LogP contribution in [0.25, 0.3) is 0 Å². The number of ether oxygens (including phenoxy) is 1. The molecule has 1 amide bonds. The molecule has 1 unspecified atom stereocenters. The summed E-state index contributed by atoms with van der Waals surface area (Å²) in [6.07, 6.45) is 0.841. The predicted octanol–water partition coefficient (Wildman–Crippen LogP) is 0.589. The van der Waals surface area contributed by atoms with E-state index in [1.54, 1.807) is 12.1 Å². The van der Waals surface area contributed by atoms with Crippen LogP contribution >= 0.6 is 0 Å². The lowest BCUT2D eigenvalue weighted by molar-refractivity contribution is -0.121. The van der Waals surface area contributed by atoms with Gasteiger partial charge in [0.1, 0.15) is 5.75 Å². The van der Waals surface area contributed by atoms with E-state index >= 15 is 0 Å². The number of nitrogen functional groups attached to an aromatic ring is 1. The minimum absolute atomic E-state index is 0.0321. The minimum atomic E-state index is -2.89. The number of hydrogen-bond acceptors (Lipinski definition) is 5. The van der Waals surface area contributed by atoms with Gasteiger partial charge in [0.25, 0.3) is 0 Å². The lowest BCUT2D eigenvalue weighted by Gasteiger charge is -2.11. The van der Waals surface area contributed by atoms with Crippen molar-refractivity contribution in [2.45, 2.75) is 12.8 Å². The van der Waals surface area contributed by atoms with Crippen LogP contribution in [0.5, 0.6) is 5.75 Å². The maximum atomic E-state index is 11.7. The van der Waals surface area contributed by atoms with Gasteiger partial charge in [-0.3, -0.25) is 4.79 Å². The Labute approximate surface area is 124 Å². The molecule has 1 aromatic carbocycles. The van der Waals surface area contributed by atoms with E-state index in [-0.39, 0.29) is 36.4 Å². The number of carbonyl (C=O) groups excluding carboxylic acids is 1. The molecule has 0 aliphatic carbocycles. The Morgan fingerprint density at radius 1 is 1.38 bits per heavy atom. The number of nitrogens with two attached hydrogens (primary N) is 1. The molecule has 1 fully saturated rings. The van der Waals surface area contributed by atoms with E-state index in [9.17, 15) is 13.2 Å². The van der Waals surface area contributed by atoms with Crippen molar-refractivity contribution in [1.82, 2.24) is 5.32 Å². The summed E-state index contributed by atoms with van der Waals surface area (Å²) >= 11 is 0. The van der Waals surface area contributed by atoms with E-state index in [2.05, 4.69) is 5.32 Å². The zero-order valence-electron chi connectivity index (χ0n) is 11.7. The quantitative estimate of drug-likeness (QED) is 0.749. The summed E-state index contributed by atoms with van der Waals surface area (Å²) in [4.78, 5) is 11.7. The molecule has 7 heteroatoms. The van der Waals surface area contributed by atoms with Gasteiger partial charge in [0.2, 0.25) is 5.91 Å². The second-order valence-electron chi connectivity index (χ2n) is 5.21. The summed E-state index contributed by atoms with van der Waals surface area (Å²) in [5.74, 6) is 0.847. The molecule has 21 heavy (non-hydrogen) atoms. The molecule has 1 aliphatic rings. The maximum Gasteiger partial charge on any atom is 0.223 e. The highest BCUT2D eigenvalue weighted by molar-refractivity contribution is 7.91. The van der Waals surface area contributed by atoms with Crippen molar-refractivity contribution < 1.29 is 17.9 Å². The molecule has 0 spiro atoms. The van der Waals surface area contributed by atoms with Crippen molar-refractivity contribution in [3.05, 3.63) is 24.3 Å². The van der Waals surface area contributed by atoms with E-state index in [1.807, 2.05) is 12.1 Å². The Bertz CT molecular complexity index is 601. The zero-order chi connectivity index (χ0) is 15.3. The first kappa shape index (κ1) is 15.6. The molecule has 3 N–H and O–H groups in total. The Morgan fingerprint density at radius 2 is 2.14 bits per heavy atom. The van der Waals surface area contributed by atoms with Gasteiger partial charge in [-0.05, 0) is 24.5 Å². The smallest absolute Gasteiger partial charge is 0.223 e. The van der Waals surface area contributed by atoms with Crippen molar-refractivity contribution >= 4 is 21.4 Å². The summed E-state index contributed by atoms with van der Waals surface area (Å²) in [7, 11) is -2.89. The van der Waals surface area contributed by atoms with Gasteiger partial charge in [-0.1, -0.05) is 12.1 Å². The van der Waals surface area contributed by atoms with Crippen molar-refractivity contribution in [3.8, 4) is 5.75 Å². The Morgan fingerprint density at radius 3 is 2.81 bits per heavy atom. The molecule has 0 aromatic heterocycles. The van der Waals surface area contributed by atoms with Crippen LogP contribution in [0.4, 0.5) is 5.69 Å². The SMILES string of the molecule is Nc1ccccc1OCCC(=O)NCC1CCS(=O)(=O)C1. The molecule has 0 saturated carbocycles. The number of benzene rings is 1. The van der Waals surface area contributed by atoms with Gasteiger partial charge in [0.05, 0.1) is 30.2 Å². The molecule has 6 nitrogen and oxygen atoms in total. The molecule has 0 radical (unpaired) electrons. The van der Waals surface area contributed by atoms with Crippen molar-refractivity contribution in [3.63, 3.8) is 0 Å². The summed E-state index contributed by atoms with van der Waals surface area (Å²) in [5, 5.41) is 2.75. The fraction of sp³-hybridized carbons (Fsp3) is 0.500. The van der Waals surface area contributed by atoms with Crippen LogP contribution in [0.3, 0.4) is 0 Å². The van der Waals surface area contributed by atoms with Gasteiger partial charge in [0, 0.05) is 6.54 Å². The lowest BCUT2D eigenvalue weighted by Crippen LogP contribution is -2.30. The first-order valence-corrected chi connectivity index (χ1v) is 8.73. The number of anilines is 1. The molecule has 0 bridgehead atoms. The van der Waals surface area contributed by atoms with Crippen molar-refractivity contribution in [2.75, 3.05) is 30.4 Å². The average Bonchev–Trinajstić information content (AvgIpc) is 2.78. The molecule has 116 valence electrons. The molecule has 1 aliphatic heterocycles. The molecule has 1 atom stereocenters. The minimum Gasteiger partial charge on any atom is -0.491 e. The first-order valence-electron chi connectivity index (χ1n) is 6.91. The van der Waals surface area contributed by atoms with Gasteiger partial charge >= 0.3 is 0 Å². The van der Waals surface area contributed by atoms with Gasteiger partial charge in [-0.25, -0.2) is 8.42 Å². The molecule has 1 saturated heterocycles. The number of carbonyl (C=O) groups is 1. The van der Waals surface area contributed by atoms with E-state index in [4.69, 9.17) is 10.5 Å². The van der Waals surface area contributed by atoms with E-state index in [0.717, 1.165) is 0 Å². The fourth-order valence-electron chi connectivity index (χ4n) is 2.25. The number of para-hydroxylation sites is 2. The van der Waals surface area contributed by atoms with Gasteiger partial charge in [-0.2, -0.15) is 0 Å². The van der Waals surface area contributed by atoms with Crippen molar-refractivity contribution in [2.24, 2.45) is 5.92 Å². The molecule has 1 heterocycles. The number of rotatable bonds is 6.